The van der Waals surface area contributed by atoms with E-state index in [1.807, 2.05) is 43.3 Å². The lowest BCUT2D eigenvalue weighted by Crippen LogP contribution is -2.19. The molecule has 0 amide bonds. The Kier molecular flexibility index (Phi) is 5.51. The molecule has 28 heavy (non-hydrogen) atoms. The van der Waals surface area contributed by atoms with Gasteiger partial charge in [0.1, 0.15) is 0 Å². The van der Waals surface area contributed by atoms with E-state index in [-0.39, 0.29) is 5.69 Å². The maximum absolute atomic E-state index is 12.5. The van der Waals surface area contributed by atoms with Crippen molar-refractivity contribution in [2.45, 2.75) is 17.8 Å². The molecule has 0 aliphatic rings. The first-order valence-corrected chi connectivity index (χ1v) is 10.8. The molecule has 4 aromatic rings. The molecule has 0 saturated carbocycles. The number of nitrogens with zero attached hydrogens (tertiary/aromatic N) is 3. The molecule has 0 bridgehead atoms. The molecule has 0 saturated heterocycles. The fourth-order valence-electron chi connectivity index (χ4n) is 2.83. The third-order valence-electron chi connectivity index (χ3n) is 4.14. The van der Waals surface area contributed by atoms with Gasteiger partial charge in [0.2, 0.25) is 0 Å². The van der Waals surface area contributed by atoms with Gasteiger partial charge in [-0.05, 0) is 42.3 Å². The number of aryl methyl sites for hydroxylation is 1. The lowest BCUT2D eigenvalue weighted by molar-refractivity contribution is 0.780. The summed E-state index contributed by atoms with van der Waals surface area (Å²) in [6, 6.07) is 13.3. The van der Waals surface area contributed by atoms with Gasteiger partial charge in [0.15, 0.2) is 10.8 Å². The number of H-pyrrole nitrogens is 1. The average Bonchev–Trinajstić information content (AvgIpc) is 3.00. The summed E-state index contributed by atoms with van der Waals surface area (Å²) in [4.78, 5) is 19.9. The normalized spacial score (nSPS) is 11.3. The van der Waals surface area contributed by atoms with Crippen molar-refractivity contribution in [3.05, 3.63) is 78.7 Å². The first kappa shape index (κ1) is 19.5. The molecule has 0 aliphatic carbocycles. The van der Waals surface area contributed by atoms with E-state index in [0.717, 1.165) is 26.9 Å². The van der Waals surface area contributed by atoms with Crippen molar-refractivity contribution in [2.24, 2.45) is 0 Å². The molecule has 2 aromatic heterocycles. The van der Waals surface area contributed by atoms with E-state index >= 15 is 0 Å². The molecule has 2 heterocycles. The molecule has 2 aromatic carbocycles. The maximum Gasteiger partial charge on any atom is 0.350 e. The number of aromatic nitrogens is 4. The summed E-state index contributed by atoms with van der Waals surface area (Å²) in [5.41, 5.74) is 3.73. The van der Waals surface area contributed by atoms with Gasteiger partial charge < -0.3 is 0 Å². The summed E-state index contributed by atoms with van der Waals surface area (Å²) >= 11 is 16.9. The molecule has 5 nitrogen and oxygen atoms in total. The number of hydrogen-bond donors (Lipinski definition) is 1. The summed E-state index contributed by atoms with van der Waals surface area (Å²) in [6.45, 7) is 1.87. The highest BCUT2D eigenvalue weighted by Crippen LogP contribution is 2.30. The van der Waals surface area contributed by atoms with E-state index in [0.29, 0.717) is 26.6 Å². The minimum absolute atomic E-state index is 0.326. The van der Waals surface area contributed by atoms with Gasteiger partial charge in [0.25, 0.3) is 0 Å². The highest BCUT2D eigenvalue weighted by molar-refractivity contribution is 9.10. The standard InChI is InChI=1S/C19H13BrCl2N4OS/c1-10-16(12-3-5-13(20)6-4-12)17-23-18(24-19(27)26(17)25-10)28-9-11-2-7-14(21)15(22)8-11/h2-8H,9H2,1H3,(H,23,24,27). The second kappa shape index (κ2) is 7.91. The number of nitrogens with one attached hydrogen (secondary N) is 1. The molecule has 142 valence electrons. The van der Waals surface area contributed by atoms with Crippen molar-refractivity contribution in [3.8, 4) is 11.1 Å². The molecule has 0 atom stereocenters. The van der Waals surface area contributed by atoms with Gasteiger partial charge in [-0.1, -0.05) is 69.1 Å². The number of thioether (sulfide) groups is 1. The fraction of sp³-hybridized carbons (Fsp3) is 0.105. The summed E-state index contributed by atoms with van der Waals surface area (Å²) in [6.07, 6.45) is 0. The Bertz CT molecular complexity index is 1240. The van der Waals surface area contributed by atoms with E-state index < -0.39 is 0 Å². The number of halogens is 3. The van der Waals surface area contributed by atoms with Gasteiger partial charge in [0.05, 0.1) is 15.7 Å². The van der Waals surface area contributed by atoms with Gasteiger partial charge >= 0.3 is 5.69 Å². The van der Waals surface area contributed by atoms with Crippen molar-refractivity contribution in [3.63, 3.8) is 0 Å². The van der Waals surface area contributed by atoms with Crippen LogP contribution in [0.1, 0.15) is 11.3 Å². The first-order chi connectivity index (χ1) is 13.4. The molecule has 9 heteroatoms. The minimum Gasteiger partial charge on any atom is -0.285 e. The average molecular weight is 496 g/mol. The van der Waals surface area contributed by atoms with Crippen LogP contribution >= 0.6 is 50.9 Å². The second-order valence-electron chi connectivity index (χ2n) is 6.09. The summed E-state index contributed by atoms with van der Waals surface area (Å²) in [5.74, 6) is 0.594. The Labute approximate surface area is 183 Å². The third-order valence-corrected chi connectivity index (χ3v) is 6.35. The van der Waals surface area contributed by atoms with Crippen LogP contribution in [0, 0.1) is 6.92 Å². The SMILES string of the molecule is Cc1nn2c(=O)[nH]c(SCc3ccc(Cl)c(Cl)c3)nc2c1-c1ccc(Br)cc1. The van der Waals surface area contributed by atoms with Crippen LogP contribution in [-0.2, 0) is 5.75 Å². The highest BCUT2D eigenvalue weighted by atomic mass is 79.9. The number of hydrogen-bond acceptors (Lipinski definition) is 4. The van der Waals surface area contributed by atoms with Crippen molar-refractivity contribution >= 4 is 56.5 Å². The second-order valence-corrected chi connectivity index (χ2v) is 8.78. The van der Waals surface area contributed by atoms with E-state index in [4.69, 9.17) is 23.2 Å². The Hall–Kier alpha value is -1.80. The number of fused-ring (bicyclic) bond motifs is 1. The number of rotatable bonds is 4. The molecular formula is C19H13BrCl2N4OS. The minimum atomic E-state index is -0.326. The van der Waals surface area contributed by atoms with Crippen molar-refractivity contribution < 1.29 is 0 Å². The maximum atomic E-state index is 12.5. The van der Waals surface area contributed by atoms with Gasteiger partial charge in [-0.3, -0.25) is 4.98 Å². The van der Waals surface area contributed by atoms with Crippen LogP contribution < -0.4 is 5.69 Å². The molecule has 1 N–H and O–H groups in total. The number of benzene rings is 2. The number of aromatic amines is 1. The van der Waals surface area contributed by atoms with Crippen LogP contribution in [0.15, 0.2) is 56.9 Å². The van der Waals surface area contributed by atoms with Gasteiger partial charge in [-0.25, -0.2) is 9.78 Å². The fourth-order valence-corrected chi connectivity index (χ4v) is 4.21. The largest absolute Gasteiger partial charge is 0.350 e. The molecule has 4 rings (SSSR count). The summed E-state index contributed by atoms with van der Waals surface area (Å²) in [5, 5.41) is 5.88. The zero-order valence-corrected chi connectivity index (χ0v) is 18.5. The topological polar surface area (TPSA) is 63.1 Å². The Balaban J connectivity index is 1.72. The van der Waals surface area contributed by atoms with Gasteiger partial charge in [-0.15, -0.1) is 0 Å². The highest BCUT2D eigenvalue weighted by Gasteiger charge is 2.16. The van der Waals surface area contributed by atoms with Crippen LogP contribution in [0.4, 0.5) is 0 Å². The summed E-state index contributed by atoms with van der Waals surface area (Å²) in [7, 11) is 0. The molecule has 0 radical (unpaired) electrons. The molecule has 0 spiro atoms. The molecule has 0 unspecified atom stereocenters. The van der Waals surface area contributed by atoms with Crippen molar-refractivity contribution in [2.75, 3.05) is 0 Å². The third kappa shape index (κ3) is 3.85. The zero-order chi connectivity index (χ0) is 19.8. The van der Waals surface area contributed by atoms with Crippen molar-refractivity contribution in [1.82, 2.24) is 19.6 Å². The Morgan fingerprint density at radius 1 is 1.14 bits per heavy atom. The first-order valence-electron chi connectivity index (χ1n) is 8.24. The quantitative estimate of drug-likeness (QED) is 0.366. The predicted molar refractivity (Wildman–Crippen MR) is 118 cm³/mol. The Morgan fingerprint density at radius 2 is 1.89 bits per heavy atom. The monoisotopic (exact) mass is 494 g/mol. The predicted octanol–water partition coefficient (Wildman–Crippen LogP) is 5.75. The van der Waals surface area contributed by atoms with Gasteiger partial charge in [-0.2, -0.15) is 9.61 Å². The van der Waals surface area contributed by atoms with Gasteiger partial charge in [0, 0.05) is 15.8 Å². The van der Waals surface area contributed by atoms with Crippen LogP contribution in [0.25, 0.3) is 16.8 Å². The smallest absolute Gasteiger partial charge is 0.285 e. The van der Waals surface area contributed by atoms with Crippen molar-refractivity contribution in [1.29, 1.82) is 0 Å². The van der Waals surface area contributed by atoms with E-state index in [1.54, 1.807) is 6.07 Å². The van der Waals surface area contributed by atoms with Crippen LogP contribution in [0.3, 0.4) is 0 Å². The lowest BCUT2D eigenvalue weighted by Gasteiger charge is -2.05. The molecule has 0 aliphatic heterocycles. The lowest BCUT2D eigenvalue weighted by atomic mass is 10.1. The molecular weight excluding hydrogens is 483 g/mol. The Morgan fingerprint density at radius 3 is 2.61 bits per heavy atom. The van der Waals surface area contributed by atoms with E-state index in [9.17, 15) is 4.79 Å². The van der Waals surface area contributed by atoms with E-state index in [1.165, 1.54) is 16.3 Å². The van der Waals surface area contributed by atoms with Crippen LogP contribution in [-0.4, -0.2) is 19.6 Å². The van der Waals surface area contributed by atoms with Crippen LogP contribution in [0.2, 0.25) is 10.0 Å². The van der Waals surface area contributed by atoms with E-state index in [2.05, 4.69) is 31.0 Å². The van der Waals surface area contributed by atoms with Crippen LogP contribution in [0.5, 0.6) is 0 Å². The molecule has 0 fully saturated rings. The summed E-state index contributed by atoms with van der Waals surface area (Å²) < 4.78 is 2.28. The zero-order valence-electron chi connectivity index (χ0n) is 14.5.